The van der Waals surface area contributed by atoms with Crippen LogP contribution in [-0.2, 0) is 10.5 Å². The smallest absolute Gasteiger partial charge is 0.229 e. The Balaban J connectivity index is 2.07. The van der Waals surface area contributed by atoms with Crippen LogP contribution >= 0.6 is 11.8 Å². The zero-order chi connectivity index (χ0) is 12.8. The molecule has 0 aliphatic heterocycles. The van der Waals surface area contributed by atoms with E-state index in [9.17, 15) is 4.79 Å². The first kappa shape index (κ1) is 12.7. The predicted octanol–water partition coefficient (Wildman–Crippen LogP) is 1.85. The summed E-state index contributed by atoms with van der Waals surface area (Å²) in [5, 5.41) is 2.62. The molecule has 1 heterocycles. The summed E-state index contributed by atoms with van der Waals surface area (Å²) in [7, 11) is 1.66. The minimum absolute atomic E-state index is 0.0557. The normalized spacial score (nSPS) is 10.3. The highest BCUT2D eigenvalue weighted by Gasteiger charge is 2.05. The number of thioether (sulfide) groups is 1. The summed E-state index contributed by atoms with van der Waals surface area (Å²) < 4.78 is 1.98. The van der Waals surface area contributed by atoms with E-state index in [1.165, 1.54) is 5.56 Å². The maximum absolute atomic E-state index is 11.2. The Morgan fingerprint density at radius 1 is 1.44 bits per heavy atom. The Hall–Kier alpha value is -1.75. The minimum atomic E-state index is 0.0557. The van der Waals surface area contributed by atoms with Crippen LogP contribution in [0, 0.1) is 0 Å². The van der Waals surface area contributed by atoms with Crippen LogP contribution in [0.2, 0.25) is 0 Å². The van der Waals surface area contributed by atoms with Crippen LogP contribution in [0.25, 0.3) is 5.69 Å². The van der Waals surface area contributed by atoms with Gasteiger partial charge in [-0.3, -0.25) is 4.79 Å². The number of amides is 1. The second-order valence-corrected chi connectivity index (χ2v) is 4.75. The van der Waals surface area contributed by atoms with E-state index >= 15 is 0 Å². The van der Waals surface area contributed by atoms with Crippen molar-refractivity contribution in [1.82, 2.24) is 14.9 Å². The lowest BCUT2D eigenvalue weighted by molar-refractivity contribution is -0.118. The van der Waals surface area contributed by atoms with Crippen LogP contribution in [0.1, 0.15) is 5.56 Å². The molecule has 1 aromatic carbocycles. The van der Waals surface area contributed by atoms with Gasteiger partial charge in [0, 0.05) is 25.2 Å². The Morgan fingerprint density at radius 3 is 3.00 bits per heavy atom. The molecule has 4 nitrogen and oxygen atoms in total. The van der Waals surface area contributed by atoms with Gasteiger partial charge in [0.15, 0.2) is 0 Å². The van der Waals surface area contributed by atoms with Gasteiger partial charge in [-0.15, -0.1) is 11.8 Å². The van der Waals surface area contributed by atoms with Crippen LogP contribution in [0.3, 0.4) is 0 Å². The fourth-order valence-corrected chi connectivity index (χ4v) is 2.51. The number of carbonyl (C=O) groups excluding carboxylic acids is 1. The van der Waals surface area contributed by atoms with Crippen molar-refractivity contribution < 1.29 is 4.79 Å². The molecule has 0 spiro atoms. The van der Waals surface area contributed by atoms with Gasteiger partial charge in [0.25, 0.3) is 0 Å². The second kappa shape index (κ2) is 6.26. The number of carbonyl (C=O) groups is 1. The lowest BCUT2D eigenvalue weighted by atomic mass is 10.2. The molecule has 1 amide bonds. The molecule has 0 aliphatic carbocycles. The molecule has 1 aromatic heterocycles. The number of rotatable bonds is 5. The largest absolute Gasteiger partial charge is 0.358 e. The molecule has 0 bridgehead atoms. The van der Waals surface area contributed by atoms with Crippen LogP contribution in [0.15, 0.2) is 43.0 Å². The fourth-order valence-electron chi connectivity index (χ4n) is 1.61. The number of aromatic nitrogens is 2. The average Bonchev–Trinajstić information content (AvgIpc) is 2.93. The molecule has 5 heteroatoms. The first-order valence-corrected chi connectivity index (χ1v) is 6.81. The highest BCUT2D eigenvalue weighted by molar-refractivity contribution is 7.99. The average molecular weight is 261 g/mol. The van der Waals surface area contributed by atoms with Gasteiger partial charge in [-0.1, -0.05) is 18.2 Å². The summed E-state index contributed by atoms with van der Waals surface area (Å²) in [6.45, 7) is 0. The van der Waals surface area contributed by atoms with Crippen molar-refractivity contribution in [3.63, 3.8) is 0 Å². The number of hydrogen-bond donors (Lipinski definition) is 1. The van der Waals surface area contributed by atoms with Crippen molar-refractivity contribution in [2.24, 2.45) is 0 Å². The van der Waals surface area contributed by atoms with Gasteiger partial charge in [-0.25, -0.2) is 4.98 Å². The molecule has 0 saturated heterocycles. The van der Waals surface area contributed by atoms with Crippen molar-refractivity contribution in [1.29, 1.82) is 0 Å². The van der Waals surface area contributed by atoms with Crippen molar-refractivity contribution in [3.8, 4) is 5.69 Å². The third-order valence-electron chi connectivity index (χ3n) is 2.54. The van der Waals surface area contributed by atoms with Crippen LogP contribution < -0.4 is 5.32 Å². The molecule has 0 fully saturated rings. The Bertz CT molecular complexity index is 511. The van der Waals surface area contributed by atoms with Gasteiger partial charge >= 0.3 is 0 Å². The van der Waals surface area contributed by atoms with E-state index in [0.717, 1.165) is 11.4 Å². The van der Waals surface area contributed by atoms with Crippen molar-refractivity contribution >= 4 is 17.7 Å². The maximum Gasteiger partial charge on any atom is 0.229 e. The van der Waals surface area contributed by atoms with Crippen LogP contribution in [0.4, 0.5) is 0 Å². The van der Waals surface area contributed by atoms with Gasteiger partial charge < -0.3 is 9.88 Å². The molecule has 0 radical (unpaired) electrons. The van der Waals surface area contributed by atoms with Gasteiger partial charge in [-0.2, -0.15) is 0 Å². The summed E-state index contributed by atoms with van der Waals surface area (Å²) in [6, 6.07) is 8.14. The quantitative estimate of drug-likeness (QED) is 0.893. The maximum atomic E-state index is 11.2. The van der Waals surface area contributed by atoms with E-state index in [0.29, 0.717) is 5.75 Å². The highest BCUT2D eigenvalue weighted by Crippen LogP contribution is 2.19. The number of nitrogens with zero attached hydrogens (tertiary/aromatic N) is 2. The molecule has 2 aromatic rings. The van der Waals surface area contributed by atoms with Crippen LogP contribution in [0.5, 0.6) is 0 Å². The second-order valence-electron chi connectivity index (χ2n) is 3.76. The number of benzene rings is 1. The summed E-state index contributed by atoms with van der Waals surface area (Å²) in [5.74, 6) is 1.34. The standard InChI is InChI=1S/C13H15N3OS/c1-14-13(17)9-18-8-11-4-2-3-5-12(11)16-7-6-15-10-16/h2-7,10H,8-9H2,1H3,(H,14,17). The molecular weight excluding hydrogens is 246 g/mol. The van der Waals surface area contributed by atoms with E-state index in [2.05, 4.69) is 22.4 Å². The zero-order valence-corrected chi connectivity index (χ0v) is 11.0. The van der Waals surface area contributed by atoms with Crippen molar-refractivity contribution in [3.05, 3.63) is 48.5 Å². The monoisotopic (exact) mass is 261 g/mol. The first-order chi connectivity index (χ1) is 8.81. The van der Waals surface area contributed by atoms with Crippen LogP contribution in [-0.4, -0.2) is 28.3 Å². The van der Waals surface area contributed by atoms with Crippen molar-refractivity contribution in [2.45, 2.75) is 5.75 Å². The summed E-state index contributed by atoms with van der Waals surface area (Å²) >= 11 is 1.60. The van der Waals surface area contributed by atoms with Gasteiger partial charge in [0.2, 0.25) is 5.91 Å². The number of nitrogens with one attached hydrogen (secondary N) is 1. The first-order valence-electron chi connectivity index (χ1n) is 5.66. The Morgan fingerprint density at radius 2 is 2.28 bits per heavy atom. The molecule has 0 unspecified atom stereocenters. The fraction of sp³-hybridized carbons (Fsp3) is 0.231. The highest BCUT2D eigenvalue weighted by atomic mass is 32.2. The molecule has 1 N–H and O–H groups in total. The van der Waals surface area contributed by atoms with Gasteiger partial charge in [-0.05, 0) is 11.6 Å². The molecule has 94 valence electrons. The van der Waals surface area contributed by atoms with E-state index < -0.39 is 0 Å². The number of para-hydroxylation sites is 1. The SMILES string of the molecule is CNC(=O)CSCc1ccccc1-n1ccnc1. The topological polar surface area (TPSA) is 46.9 Å². The van der Waals surface area contributed by atoms with E-state index in [-0.39, 0.29) is 5.91 Å². The van der Waals surface area contributed by atoms with Gasteiger partial charge in [0.05, 0.1) is 17.8 Å². The number of imidazole rings is 1. The van der Waals surface area contributed by atoms with E-state index in [1.807, 2.05) is 22.9 Å². The predicted molar refractivity (Wildman–Crippen MR) is 73.8 cm³/mol. The molecule has 0 atom stereocenters. The zero-order valence-electron chi connectivity index (χ0n) is 10.2. The van der Waals surface area contributed by atoms with E-state index in [1.54, 1.807) is 31.3 Å². The lowest BCUT2D eigenvalue weighted by Crippen LogP contribution is -2.19. The molecule has 0 saturated carbocycles. The van der Waals surface area contributed by atoms with E-state index in [4.69, 9.17) is 0 Å². The molecule has 18 heavy (non-hydrogen) atoms. The third kappa shape index (κ3) is 3.13. The molecular formula is C13H15N3OS. The molecule has 0 aliphatic rings. The summed E-state index contributed by atoms with van der Waals surface area (Å²) in [5.41, 5.74) is 2.31. The molecule has 2 rings (SSSR count). The summed E-state index contributed by atoms with van der Waals surface area (Å²) in [4.78, 5) is 15.2. The Kier molecular flexibility index (Phi) is 4.41. The Labute approximate surface area is 110 Å². The van der Waals surface area contributed by atoms with Crippen molar-refractivity contribution in [2.75, 3.05) is 12.8 Å². The van der Waals surface area contributed by atoms with Gasteiger partial charge in [0.1, 0.15) is 0 Å². The third-order valence-corrected chi connectivity index (χ3v) is 3.53. The number of hydrogen-bond acceptors (Lipinski definition) is 3. The minimum Gasteiger partial charge on any atom is -0.358 e. The lowest BCUT2D eigenvalue weighted by Gasteiger charge is -2.09. The summed E-state index contributed by atoms with van der Waals surface area (Å²) in [6.07, 6.45) is 5.46.